The number of aromatic nitrogens is 3. The van der Waals surface area contributed by atoms with Gasteiger partial charge in [-0.3, -0.25) is 9.78 Å². The lowest BCUT2D eigenvalue weighted by molar-refractivity contribution is 0.0736. The van der Waals surface area contributed by atoms with Crippen molar-refractivity contribution in [2.45, 2.75) is 18.6 Å². The summed E-state index contributed by atoms with van der Waals surface area (Å²) in [5, 5.41) is 12.2. The molecule has 0 saturated carbocycles. The van der Waals surface area contributed by atoms with Crippen molar-refractivity contribution in [2.75, 3.05) is 26.2 Å². The van der Waals surface area contributed by atoms with Crippen LogP contribution in [0.2, 0.25) is 0 Å². The Bertz CT molecular complexity index is 1580. The van der Waals surface area contributed by atoms with E-state index < -0.39 is 21.1 Å². The molecule has 0 radical (unpaired) electrons. The summed E-state index contributed by atoms with van der Waals surface area (Å²) in [6, 6.07) is 15.3. The van der Waals surface area contributed by atoms with E-state index in [0.717, 1.165) is 13.1 Å². The smallest absolute Gasteiger partial charge is 0.253 e. The molecule has 4 aromatic rings. The van der Waals surface area contributed by atoms with Crippen LogP contribution >= 0.6 is 0 Å². The van der Waals surface area contributed by atoms with E-state index in [4.69, 9.17) is 10.2 Å². The minimum atomic E-state index is -4.01. The van der Waals surface area contributed by atoms with Gasteiger partial charge in [0.2, 0.25) is 10.0 Å². The SMILES string of the molecule is CCC(c1cccc(-c2cn(-c3ccc(C(=O)N4CCNCC4)cc3)nc2-c2ccncc2)c1F)S(N)(=O)=O. The van der Waals surface area contributed by atoms with Crippen LogP contribution in [0.15, 0.2) is 73.2 Å². The number of benzene rings is 2. The van der Waals surface area contributed by atoms with Gasteiger partial charge in [0, 0.05) is 72.6 Å². The molecule has 3 heterocycles. The number of sulfonamides is 1. The molecule has 1 aliphatic rings. The number of nitrogens with zero attached hydrogens (tertiary/aromatic N) is 4. The van der Waals surface area contributed by atoms with E-state index in [1.165, 1.54) is 6.07 Å². The molecule has 1 aliphatic heterocycles. The molecule has 0 bridgehead atoms. The molecule has 11 heteroatoms. The lowest BCUT2D eigenvalue weighted by Crippen LogP contribution is -2.46. The van der Waals surface area contributed by atoms with Crippen LogP contribution in [-0.4, -0.2) is 60.2 Å². The fourth-order valence-electron chi connectivity index (χ4n) is 4.87. The van der Waals surface area contributed by atoms with Crippen LogP contribution in [0.25, 0.3) is 28.1 Å². The Kier molecular flexibility index (Phi) is 7.56. The van der Waals surface area contributed by atoms with Crippen molar-refractivity contribution >= 4 is 15.9 Å². The predicted molar refractivity (Wildman–Crippen MR) is 147 cm³/mol. The summed E-state index contributed by atoms with van der Waals surface area (Å²) in [6.45, 7) is 4.51. The highest BCUT2D eigenvalue weighted by Gasteiger charge is 2.27. The number of primary sulfonamides is 1. The first kappa shape index (κ1) is 26.7. The van der Waals surface area contributed by atoms with Crippen LogP contribution < -0.4 is 10.5 Å². The fourth-order valence-corrected chi connectivity index (χ4v) is 5.87. The topological polar surface area (TPSA) is 123 Å². The Morgan fingerprint density at radius 3 is 2.38 bits per heavy atom. The summed E-state index contributed by atoms with van der Waals surface area (Å²) in [6.07, 6.45) is 5.07. The molecule has 1 amide bonds. The third-order valence-corrected chi connectivity index (χ3v) is 8.26. The summed E-state index contributed by atoms with van der Waals surface area (Å²) in [5.74, 6) is -0.689. The number of rotatable bonds is 7. The molecule has 2 aromatic heterocycles. The van der Waals surface area contributed by atoms with E-state index in [2.05, 4.69) is 10.3 Å². The third-order valence-electron chi connectivity index (χ3n) is 6.88. The predicted octanol–water partition coefficient (Wildman–Crippen LogP) is 3.53. The molecule has 202 valence electrons. The number of amides is 1. The average molecular weight is 549 g/mol. The first-order valence-electron chi connectivity index (χ1n) is 12.7. The molecule has 39 heavy (non-hydrogen) atoms. The molecule has 0 spiro atoms. The van der Waals surface area contributed by atoms with Gasteiger partial charge in [-0.05, 0) is 42.8 Å². The maximum absolute atomic E-state index is 15.9. The van der Waals surface area contributed by atoms with Gasteiger partial charge in [-0.2, -0.15) is 5.10 Å². The van der Waals surface area contributed by atoms with Gasteiger partial charge in [0.15, 0.2) is 0 Å². The molecule has 2 aromatic carbocycles. The van der Waals surface area contributed by atoms with Crippen molar-refractivity contribution in [3.63, 3.8) is 0 Å². The number of carbonyl (C=O) groups is 1. The summed E-state index contributed by atoms with van der Waals surface area (Å²) in [4.78, 5) is 18.8. The van der Waals surface area contributed by atoms with Crippen molar-refractivity contribution in [3.8, 4) is 28.1 Å². The minimum Gasteiger partial charge on any atom is -0.336 e. The number of hydrogen-bond acceptors (Lipinski definition) is 6. The van der Waals surface area contributed by atoms with E-state index in [0.29, 0.717) is 41.2 Å². The maximum atomic E-state index is 15.9. The van der Waals surface area contributed by atoms with Gasteiger partial charge in [0.1, 0.15) is 16.8 Å². The van der Waals surface area contributed by atoms with Crippen LogP contribution in [0.3, 0.4) is 0 Å². The van der Waals surface area contributed by atoms with Gasteiger partial charge in [-0.1, -0.05) is 25.1 Å². The number of nitrogens with one attached hydrogen (secondary N) is 1. The molecule has 1 unspecified atom stereocenters. The Morgan fingerprint density at radius 1 is 1.05 bits per heavy atom. The minimum absolute atomic E-state index is 0.0155. The average Bonchev–Trinajstić information content (AvgIpc) is 3.39. The third kappa shape index (κ3) is 5.47. The molecule has 1 atom stereocenters. The van der Waals surface area contributed by atoms with E-state index in [9.17, 15) is 13.2 Å². The summed E-state index contributed by atoms with van der Waals surface area (Å²) < 4.78 is 41.9. The molecular formula is C28H29FN6O3S. The van der Waals surface area contributed by atoms with Gasteiger partial charge >= 0.3 is 0 Å². The van der Waals surface area contributed by atoms with Gasteiger partial charge < -0.3 is 10.2 Å². The standard InChI is InChI=1S/C28H29FN6O3S/c1-2-25(39(30,37)38)23-5-3-4-22(26(23)29)24-18-35(33-27(24)19-10-12-31-13-11-19)21-8-6-20(7-9-21)28(36)34-16-14-32-15-17-34/h3-13,18,25,32H,2,14-17H2,1H3,(H2,30,37,38). The summed E-state index contributed by atoms with van der Waals surface area (Å²) >= 11 is 0. The number of piperazine rings is 1. The van der Waals surface area contributed by atoms with E-state index in [1.54, 1.807) is 78.7 Å². The van der Waals surface area contributed by atoms with Gasteiger partial charge in [-0.15, -0.1) is 0 Å². The maximum Gasteiger partial charge on any atom is 0.253 e. The lowest BCUT2D eigenvalue weighted by Gasteiger charge is -2.27. The zero-order valence-electron chi connectivity index (χ0n) is 21.4. The van der Waals surface area contributed by atoms with Gasteiger partial charge in [0.25, 0.3) is 5.91 Å². The molecular weight excluding hydrogens is 519 g/mol. The normalized spacial score (nSPS) is 14.8. The van der Waals surface area contributed by atoms with Crippen molar-refractivity contribution < 1.29 is 17.6 Å². The second kappa shape index (κ2) is 11.0. The van der Waals surface area contributed by atoms with Crippen molar-refractivity contribution in [3.05, 3.63) is 90.1 Å². The lowest BCUT2D eigenvalue weighted by atomic mass is 9.98. The van der Waals surface area contributed by atoms with E-state index in [1.807, 2.05) is 4.90 Å². The Morgan fingerprint density at radius 2 is 1.74 bits per heavy atom. The molecule has 9 nitrogen and oxygen atoms in total. The first-order chi connectivity index (χ1) is 18.8. The van der Waals surface area contributed by atoms with Crippen LogP contribution in [0.1, 0.15) is 34.5 Å². The molecule has 1 fully saturated rings. The number of hydrogen-bond donors (Lipinski definition) is 2. The van der Waals surface area contributed by atoms with Crippen molar-refractivity contribution in [1.82, 2.24) is 25.0 Å². The summed E-state index contributed by atoms with van der Waals surface area (Å²) in [7, 11) is -4.01. The largest absolute Gasteiger partial charge is 0.336 e. The highest BCUT2D eigenvalue weighted by Crippen LogP contribution is 2.37. The zero-order valence-corrected chi connectivity index (χ0v) is 22.2. The van der Waals surface area contributed by atoms with Crippen molar-refractivity contribution in [1.29, 1.82) is 0 Å². The fraction of sp³-hybridized carbons (Fsp3) is 0.250. The second-order valence-corrected chi connectivity index (χ2v) is 11.1. The number of carbonyl (C=O) groups excluding carboxylic acids is 1. The summed E-state index contributed by atoms with van der Waals surface area (Å²) in [5.41, 5.74) is 3.17. The quantitative estimate of drug-likeness (QED) is 0.364. The number of halogens is 1. The Labute approximate surface area is 226 Å². The van der Waals surface area contributed by atoms with Gasteiger partial charge in [-0.25, -0.2) is 22.6 Å². The first-order valence-corrected chi connectivity index (χ1v) is 14.3. The molecule has 3 N–H and O–H groups in total. The highest BCUT2D eigenvalue weighted by atomic mass is 32.2. The Balaban J connectivity index is 1.57. The highest BCUT2D eigenvalue weighted by molar-refractivity contribution is 7.89. The molecule has 1 saturated heterocycles. The second-order valence-electron chi connectivity index (χ2n) is 9.36. The van der Waals surface area contributed by atoms with E-state index in [-0.39, 0.29) is 23.5 Å². The number of pyridine rings is 1. The zero-order chi connectivity index (χ0) is 27.6. The van der Waals surface area contributed by atoms with Crippen LogP contribution in [0.4, 0.5) is 4.39 Å². The number of nitrogens with two attached hydrogens (primary N) is 1. The van der Waals surface area contributed by atoms with Crippen LogP contribution in [0.5, 0.6) is 0 Å². The van der Waals surface area contributed by atoms with Crippen LogP contribution in [0, 0.1) is 5.82 Å². The van der Waals surface area contributed by atoms with Crippen molar-refractivity contribution in [2.24, 2.45) is 5.14 Å². The van der Waals surface area contributed by atoms with E-state index >= 15 is 4.39 Å². The molecule has 0 aliphatic carbocycles. The monoisotopic (exact) mass is 548 g/mol. The Hall–Kier alpha value is -3.93. The van der Waals surface area contributed by atoms with Gasteiger partial charge in [0.05, 0.1) is 5.69 Å². The molecule has 5 rings (SSSR count). The van der Waals surface area contributed by atoms with Crippen LogP contribution in [-0.2, 0) is 10.0 Å².